The number of hydrogen-bond donors (Lipinski definition) is 1. The molecule has 108 valence electrons. The fraction of sp³-hybridized carbons (Fsp3) is 0.375. The van der Waals surface area contributed by atoms with E-state index in [0.29, 0.717) is 0 Å². The van der Waals surface area contributed by atoms with Gasteiger partial charge in [-0.05, 0) is 43.5 Å². The quantitative estimate of drug-likeness (QED) is 0.882. The van der Waals surface area contributed by atoms with Gasteiger partial charge in [-0.1, -0.05) is 17.7 Å². The molecule has 20 heavy (non-hydrogen) atoms. The molecule has 0 aliphatic heterocycles. The van der Waals surface area contributed by atoms with Gasteiger partial charge in [0, 0.05) is 6.04 Å². The zero-order valence-electron chi connectivity index (χ0n) is 12.4. The molecule has 2 rings (SSSR count). The van der Waals surface area contributed by atoms with Crippen molar-refractivity contribution in [2.75, 3.05) is 21.3 Å². The van der Waals surface area contributed by atoms with E-state index in [1.165, 1.54) is 16.0 Å². The Labute approximate surface area is 124 Å². The molecule has 0 aliphatic rings. The van der Waals surface area contributed by atoms with Crippen LogP contribution in [0.25, 0.3) is 0 Å². The highest BCUT2D eigenvalue weighted by atomic mass is 32.1. The number of rotatable bonds is 6. The van der Waals surface area contributed by atoms with Crippen molar-refractivity contribution in [3.05, 3.63) is 45.6 Å². The number of likely N-dealkylation sites (N-methyl/N-ethyl adjacent to an activating group) is 1. The monoisotopic (exact) mass is 291 g/mol. The summed E-state index contributed by atoms with van der Waals surface area (Å²) >= 11 is 1.72. The molecule has 0 radical (unpaired) electrons. The molecule has 4 heteroatoms. The maximum Gasteiger partial charge on any atom is 0.134 e. The minimum Gasteiger partial charge on any atom is -0.496 e. The number of methoxy groups -OCH3 is 2. The van der Waals surface area contributed by atoms with Crippen molar-refractivity contribution in [1.29, 1.82) is 0 Å². The van der Waals surface area contributed by atoms with E-state index in [1.54, 1.807) is 25.6 Å². The molecule has 1 unspecified atom stereocenters. The highest BCUT2D eigenvalue weighted by Gasteiger charge is 2.18. The maximum absolute atomic E-state index is 5.46. The Bertz CT molecular complexity index is 565. The summed E-state index contributed by atoms with van der Waals surface area (Å²) < 4.78 is 10.9. The van der Waals surface area contributed by atoms with Crippen LogP contribution >= 0.6 is 11.3 Å². The molecule has 3 nitrogen and oxygen atoms in total. The lowest BCUT2D eigenvalue weighted by atomic mass is 10.0. The van der Waals surface area contributed by atoms with E-state index in [1.807, 2.05) is 19.2 Å². The van der Waals surface area contributed by atoms with Crippen LogP contribution < -0.4 is 14.8 Å². The fourth-order valence-electron chi connectivity index (χ4n) is 2.34. The van der Waals surface area contributed by atoms with Crippen molar-refractivity contribution in [3.8, 4) is 11.5 Å². The molecule has 0 spiro atoms. The van der Waals surface area contributed by atoms with Gasteiger partial charge in [-0.3, -0.25) is 0 Å². The highest BCUT2D eigenvalue weighted by Crippen LogP contribution is 2.34. The predicted octanol–water partition coefficient (Wildman–Crippen LogP) is 3.58. The van der Waals surface area contributed by atoms with Crippen LogP contribution in [0.4, 0.5) is 0 Å². The summed E-state index contributed by atoms with van der Waals surface area (Å²) in [4.78, 5) is 1.22. The lowest BCUT2D eigenvalue weighted by molar-refractivity contribution is 0.398. The van der Waals surface area contributed by atoms with E-state index in [9.17, 15) is 0 Å². The molecule has 0 amide bonds. The van der Waals surface area contributed by atoms with E-state index in [-0.39, 0.29) is 6.04 Å². The summed E-state index contributed by atoms with van der Waals surface area (Å²) in [5, 5.41) is 5.43. The Morgan fingerprint density at radius 3 is 2.55 bits per heavy atom. The zero-order valence-corrected chi connectivity index (χ0v) is 13.2. The third kappa shape index (κ3) is 3.14. The van der Waals surface area contributed by atoms with Gasteiger partial charge in [0.1, 0.15) is 11.5 Å². The third-order valence-electron chi connectivity index (χ3n) is 3.40. The second kappa shape index (κ2) is 6.77. The summed E-state index contributed by atoms with van der Waals surface area (Å²) in [6.45, 7) is 2.10. The van der Waals surface area contributed by atoms with Crippen molar-refractivity contribution in [2.24, 2.45) is 0 Å². The molecule has 0 saturated heterocycles. The lowest BCUT2D eigenvalue weighted by Crippen LogP contribution is -2.18. The number of ether oxygens (including phenoxy) is 2. The highest BCUT2D eigenvalue weighted by molar-refractivity contribution is 7.10. The molecule has 1 atom stereocenters. The number of aryl methyl sites for hydroxylation is 1. The smallest absolute Gasteiger partial charge is 0.134 e. The zero-order chi connectivity index (χ0) is 14.5. The van der Waals surface area contributed by atoms with E-state index in [2.05, 4.69) is 29.8 Å². The molecule has 1 aromatic carbocycles. The lowest BCUT2D eigenvalue weighted by Gasteiger charge is -2.18. The van der Waals surface area contributed by atoms with Gasteiger partial charge >= 0.3 is 0 Å². The summed E-state index contributed by atoms with van der Waals surface area (Å²) in [7, 11) is 5.41. The van der Waals surface area contributed by atoms with Gasteiger partial charge in [-0.25, -0.2) is 0 Å². The first-order valence-electron chi connectivity index (χ1n) is 6.61. The maximum atomic E-state index is 5.46. The van der Waals surface area contributed by atoms with Gasteiger partial charge < -0.3 is 14.8 Å². The van der Waals surface area contributed by atoms with Gasteiger partial charge in [0.15, 0.2) is 0 Å². The molecule has 0 aliphatic carbocycles. The molecule has 0 bridgehead atoms. The summed E-state index contributed by atoms with van der Waals surface area (Å²) in [6.07, 6.45) is 0.873. The SMILES string of the molecule is CNC(Cc1cc(C)ccc1OC)c1sccc1OC. The van der Waals surface area contributed by atoms with Gasteiger partial charge in [-0.2, -0.15) is 0 Å². The van der Waals surface area contributed by atoms with Crippen molar-refractivity contribution < 1.29 is 9.47 Å². The number of nitrogens with one attached hydrogen (secondary N) is 1. The standard InChI is InChI=1S/C16H21NO2S/c1-11-5-6-14(18-3)12(9-11)10-13(17-2)16-15(19-4)7-8-20-16/h5-9,13,17H,10H2,1-4H3. The minimum absolute atomic E-state index is 0.223. The molecule has 0 fully saturated rings. The minimum atomic E-state index is 0.223. The summed E-state index contributed by atoms with van der Waals surface area (Å²) in [5.74, 6) is 1.88. The van der Waals surface area contributed by atoms with Crippen LogP contribution in [0.3, 0.4) is 0 Å². The van der Waals surface area contributed by atoms with Crippen LogP contribution in [0.2, 0.25) is 0 Å². The fourth-order valence-corrected chi connectivity index (χ4v) is 3.32. The van der Waals surface area contributed by atoms with Crippen LogP contribution in [0.1, 0.15) is 22.0 Å². The average Bonchev–Trinajstić information content (AvgIpc) is 2.93. The van der Waals surface area contributed by atoms with Crippen molar-refractivity contribution in [1.82, 2.24) is 5.32 Å². The van der Waals surface area contributed by atoms with Crippen molar-refractivity contribution in [3.63, 3.8) is 0 Å². The first-order chi connectivity index (χ1) is 9.69. The molecule has 0 saturated carbocycles. The van der Waals surface area contributed by atoms with Crippen molar-refractivity contribution in [2.45, 2.75) is 19.4 Å². The van der Waals surface area contributed by atoms with E-state index >= 15 is 0 Å². The Kier molecular flexibility index (Phi) is 5.04. The Morgan fingerprint density at radius 2 is 1.90 bits per heavy atom. The van der Waals surface area contributed by atoms with Crippen LogP contribution in [0.5, 0.6) is 11.5 Å². The number of thiophene rings is 1. The number of hydrogen-bond acceptors (Lipinski definition) is 4. The van der Waals surface area contributed by atoms with E-state index < -0.39 is 0 Å². The van der Waals surface area contributed by atoms with Gasteiger partial charge in [0.05, 0.1) is 19.1 Å². The molecule has 1 aromatic heterocycles. The second-order valence-electron chi connectivity index (χ2n) is 4.71. The van der Waals surface area contributed by atoms with E-state index in [0.717, 1.165) is 17.9 Å². The van der Waals surface area contributed by atoms with Crippen LogP contribution in [-0.4, -0.2) is 21.3 Å². The predicted molar refractivity (Wildman–Crippen MR) is 84.1 cm³/mol. The Hall–Kier alpha value is -1.52. The Balaban J connectivity index is 2.29. The summed E-state index contributed by atoms with van der Waals surface area (Å²) in [5.41, 5.74) is 2.45. The van der Waals surface area contributed by atoms with Crippen LogP contribution in [0, 0.1) is 6.92 Å². The van der Waals surface area contributed by atoms with Gasteiger partial charge in [-0.15, -0.1) is 11.3 Å². The van der Waals surface area contributed by atoms with Gasteiger partial charge in [0.25, 0.3) is 0 Å². The normalized spacial score (nSPS) is 12.2. The van der Waals surface area contributed by atoms with E-state index in [4.69, 9.17) is 9.47 Å². The van der Waals surface area contributed by atoms with Crippen LogP contribution in [0.15, 0.2) is 29.6 Å². The number of benzene rings is 1. The molecular formula is C16H21NO2S. The summed E-state index contributed by atoms with van der Waals surface area (Å²) in [6, 6.07) is 8.52. The second-order valence-corrected chi connectivity index (χ2v) is 5.66. The van der Waals surface area contributed by atoms with Crippen molar-refractivity contribution >= 4 is 11.3 Å². The largest absolute Gasteiger partial charge is 0.496 e. The topological polar surface area (TPSA) is 30.5 Å². The van der Waals surface area contributed by atoms with Gasteiger partial charge in [0.2, 0.25) is 0 Å². The third-order valence-corrected chi connectivity index (χ3v) is 4.41. The molecule has 1 N–H and O–H groups in total. The molecule has 2 aromatic rings. The average molecular weight is 291 g/mol. The molecule has 1 heterocycles. The van der Waals surface area contributed by atoms with Crippen LogP contribution in [-0.2, 0) is 6.42 Å². The molecular weight excluding hydrogens is 270 g/mol. The first kappa shape index (κ1) is 14.9. The first-order valence-corrected chi connectivity index (χ1v) is 7.49. The Morgan fingerprint density at radius 1 is 1.15 bits per heavy atom.